The predicted octanol–water partition coefficient (Wildman–Crippen LogP) is 2.52. The van der Waals surface area contributed by atoms with E-state index in [1.165, 1.54) is 0 Å². The molecule has 0 bridgehead atoms. The van der Waals surface area contributed by atoms with E-state index in [0.717, 1.165) is 24.2 Å². The number of benzene rings is 1. The van der Waals surface area contributed by atoms with E-state index < -0.39 is 6.10 Å². The number of methoxy groups -OCH3 is 1. The highest BCUT2D eigenvalue weighted by molar-refractivity contribution is 5.96. The molecule has 7 nitrogen and oxygen atoms in total. The van der Waals surface area contributed by atoms with Crippen LogP contribution in [0.2, 0.25) is 0 Å². The molecule has 1 aromatic carbocycles. The molecule has 1 aliphatic rings. The second-order valence-corrected chi connectivity index (χ2v) is 7.37. The molecule has 4 rings (SSSR count). The van der Waals surface area contributed by atoms with Crippen molar-refractivity contribution in [2.75, 3.05) is 7.11 Å². The van der Waals surface area contributed by atoms with Crippen LogP contribution in [0.3, 0.4) is 0 Å². The molecular weight excluding hydrogens is 368 g/mol. The van der Waals surface area contributed by atoms with E-state index in [-0.39, 0.29) is 11.9 Å². The number of imidazole rings is 1. The fourth-order valence-electron chi connectivity index (χ4n) is 3.94. The van der Waals surface area contributed by atoms with Crippen LogP contribution in [0.15, 0.2) is 61.3 Å². The van der Waals surface area contributed by atoms with Gasteiger partial charge in [0.05, 0.1) is 31.3 Å². The van der Waals surface area contributed by atoms with Gasteiger partial charge < -0.3 is 19.7 Å². The minimum atomic E-state index is -0.555. The van der Waals surface area contributed by atoms with Gasteiger partial charge in [0.25, 0.3) is 5.91 Å². The van der Waals surface area contributed by atoms with E-state index in [9.17, 15) is 9.90 Å². The van der Waals surface area contributed by atoms with E-state index in [2.05, 4.69) is 15.3 Å². The lowest BCUT2D eigenvalue weighted by molar-refractivity contribution is 0.0873. The van der Waals surface area contributed by atoms with Gasteiger partial charge in [-0.05, 0) is 49.1 Å². The van der Waals surface area contributed by atoms with Gasteiger partial charge in [-0.15, -0.1) is 0 Å². The van der Waals surface area contributed by atoms with Gasteiger partial charge >= 0.3 is 0 Å². The summed E-state index contributed by atoms with van der Waals surface area (Å²) in [4.78, 5) is 21.3. The second-order valence-electron chi connectivity index (χ2n) is 7.37. The molecule has 150 valence electrons. The maximum atomic E-state index is 12.9. The van der Waals surface area contributed by atoms with Crippen molar-refractivity contribution < 1.29 is 14.6 Å². The van der Waals surface area contributed by atoms with Crippen molar-refractivity contribution in [3.63, 3.8) is 0 Å². The number of aliphatic hydroxyl groups is 1. The Morgan fingerprint density at radius 3 is 2.90 bits per heavy atom. The van der Waals surface area contributed by atoms with Gasteiger partial charge in [0.2, 0.25) is 0 Å². The Bertz CT molecular complexity index is 959. The largest absolute Gasteiger partial charge is 0.496 e. The molecule has 7 heteroatoms. The fourth-order valence-corrected chi connectivity index (χ4v) is 3.94. The number of pyridine rings is 1. The van der Waals surface area contributed by atoms with Crippen LogP contribution in [-0.4, -0.2) is 44.8 Å². The van der Waals surface area contributed by atoms with Gasteiger partial charge in [-0.3, -0.25) is 9.78 Å². The van der Waals surface area contributed by atoms with Crippen LogP contribution in [0.25, 0.3) is 11.3 Å². The van der Waals surface area contributed by atoms with Crippen LogP contribution >= 0.6 is 0 Å². The summed E-state index contributed by atoms with van der Waals surface area (Å²) >= 11 is 0. The SMILES string of the molecule is COc1ccc(C(=O)N[C@@H]2CC(Cn3ccnc3)C[C@H]2O)cc1-c1ccccn1. The van der Waals surface area contributed by atoms with Crippen molar-refractivity contribution in [1.82, 2.24) is 19.9 Å². The van der Waals surface area contributed by atoms with Crippen LogP contribution in [0.5, 0.6) is 5.75 Å². The standard InChI is InChI=1S/C22H24N4O3/c1-29-21-6-5-16(12-17(21)18-4-2-3-7-24-18)22(28)25-19-10-15(11-20(19)27)13-26-9-8-23-14-26/h2-9,12,14-15,19-20,27H,10-11,13H2,1H3,(H,25,28)/t15?,19-,20-/m1/s1. The monoisotopic (exact) mass is 392 g/mol. The lowest BCUT2D eigenvalue weighted by Gasteiger charge is -2.17. The molecule has 1 saturated carbocycles. The van der Waals surface area contributed by atoms with Crippen molar-refractivity contribution in [3.05, 3.63) is 66.9 Å². The molecule has 3 atom stereocenters. The lowest BCUT2D eigenvalue weighted by Crippen LogP contribution is -2.39. The van der Waals surface area contributed by atoms with E-state index in [0.29, 0.717) is 23.7 Å². The maximum Gasteiger partial charge on any atom is 0.251 e. The zero-order valence-electron chi connectivity index (χ0n) is 16.2. The quantitative estimate of drug-likeness (QED) is 0.673. The Labute approximate surface area is 169 Å². The summed E-state index contributed by atoms with van der Waals surface area (Å²) in [5.41, 5.74) is 2.00. The zero-order valence-corrected chi connectivity index (χ0v) is 16.2. The molecule has 3 aromatic rings. The summed E-state index contributed by atoms with van der Waals surface area (Å²) in [5.74, 6) is 0.739. The highest BCUT2D eigenvalue weighted by Crippen LogP contribution is 2.31. The first-order valence-corrected chi connectivity index (χ1v) is 9.68. The number of aliphatic hydroxyl groups excluding tert-OH is 1. The maximum absolute atomic E-state index is 12.9. The number of ether oxygens (including phenoxy) is 1. The smallest absolute Gasteiger partial charge is 0.251 e. The fraction of sp³-hybridized carbons (Fsp3) is 0.318. The van der Waals surface area contributed by atoms with Crippen LogP contribution in [0, 0.1) is 5.92 Å². The van der Waals surface area contributed by atoms with Gasteiger partial charge in [-0.25, -0.2) is 4.98 Å². The minimum absolute atomic E-state index is 0.211. The zero-order chi connectivity index (χ0) is 20.2. The number of rotatable bonds is 6. The molecule has 1 amide bonds. The molecule has 0 saturated heterocycles. The van der Waals surface area contributed by atoms with E-state index >= 15 is 0 Å². The van der Waals surface area contributed by atoms with Gasteiger partial charge in [0.15, 0.2) is 0 Å². The van der Waals surface area contributed by atoms with Crippen molar-refractivity contribution in [1.29, 1.82) is 0 Å². The van der Waals surface area contributed by atoms with E-state index in [1.807, 2.05) is 29.0 Å². The van der Waals surface area contributed by atoms with Crippen LogP contribution in [0.1, 0.15) is 23.2 Å². The summed E-state index contributed by atoms with van der Waals surface area (Å²) in [6.07, 6.45) is 7.97. The number of carbonyl (C=O) groups excluding carboxylic acids is 1. The Morgan fingerprint density at radius 1 is 1.28 bits per heavy atom. The van der Waals surface area contributed by atoms with Crippen LogP contribution in [-0.2, 0) is 6.54 Å². The molecule has 0 spiro atoms. The second kappa shape index (κ2) is 8.45. The molecule has 29 heavy (non-hydrogen) atoms. The number of nitrogens with zero attached hydrogens (tertiary/aromatic N) is 3. The number of carbonyl (C=O) groups is 1. The third-order valence-corrected chi connectivity index (χ3v) is 5.37. The van der Waals surface area contributed by atoms with Gasteiger partial charge in [0, 0.05) is 36.3 Å². The average Bonchev–Trinajstić information content (AvgIpc) is 3.38. The van der Waals surface area contributed by atoms with Crippen molar-refractivity contribution in [2.45, 2.75) is 31.5 Å². The minimum Gasteiger partial charge on any atom is -0.496 e. The first-order chi connectivity index (χ1) is 14.1. The topological polar surface area (TPSA) is 89.3 Å². The number of amides is 1. The number of aromatic nitrogens is 3. The van der Waals surface area contributed by atoms with Gasteiger partial charge in [-0.2, -0.15) is 0 Å². The Balaban J connectivity index is 1.47. The average molecular weight is 392 g/mol. The number of nitrogens with one attached hydrogen (secondary N) is 1. The Hall–Kier alpha value is -3.19. The number of hydrogen-bond donors (Lipinski definition) is 2. The lowest BCUT2D eigenvalue weighted by atomic mass is 10.0. The number of hydrogen-bond acceptors (Lipinski definition) is 5. The summed E-state index contributed by atoms with van der Waals surface area (Å²) < 4.78 is 7.43. The molecular formula is C22H24N4O3. The highest BCUT2D eigenvalue weighted by atomic mass is 16.5. The Morgan fingerprint density at radius 2 is 2.17 bits per heavy atom. The van der Waals surface area contributed by atoms with Crippen molar-refractivity contribution in [3.8, 4) is 17.0 Å². The first kappa shape index (κ1) is 19.1. The van der Waals surface area contributed by atoms with Gasteiger partial charge in [0.1, 0.15) is 5.75 Å². The van der Waals surface area contributed by atoms with Crippen molar-refractivity contribution >= 4 is 5.91 Å². The highest BCUT2D eigenvalue weighted by Gasteiger charge is 2.34. The third kappa shape index (κ3) is 4.30. The van der Waals surface area contributed by atoms with Gasteiger partial charge in [-0.1, -0.05) is 6.07 Å². The summed E-state index contributed by atoms with van der Waals surface area (Å²) in [7, 11) is 1.59. The molecule has 2 N–H and O–H groups in total. The molecule has 2 aromatic heterocycles. The third-order valence-electron chi connectivity index (χ3n) is 5.37. The molecule has 0 aliphatic heterocycles. The van der Waals surface area contributed by atoms with E-state index in [1.54, 1.807) is 44.0 Å². The summed E-state index contributed by atoms with van der Waals surface area (Å²) in [6, 6.07) is 10.6. The first-order valence-electron chi connectivity index (χ1n) is 9.68. The molecule has 1 aliphatic carbocycles. The summed E-state index contributed by atoms with van der Waals surface area (Å²) in [5, 5.41) is 13.4. The van der Waals surface area contributed by atoms with E-state index in [4.69, 9.17) is 4.74 Å². The molecule has 1 unspecified atom stereocenters. The summed E-state index contributed by atoms with van der Waals surface area (Å²) in [6.45, 7) is 0.787. The molecule has 2 heterocycles. The molecule has 1 fully saturated rings. The Kier molecular flexibility index (Phi) is 5.57. The van der Waals surface area contributed by atoms with Crippen LogP contribution < -0.4 is 10.1 Å². The predicted molar refractivity (Wildman–Crippen MR) is 108 cm³/mol. The normalized spacial score (nSPS) is 21.1. The van der Waals surface area contributed by atoms with Crippen LogP contribution in [0.4, 0.5) is 0 Å². The molecule has 0 radical (unpaired) electrons. The van der Waals surface area contributed by atoms with Crippen molar-refractivity contribution in [2.24, 2.45) is 5.92 Å².